The maximum Gasteiger partial charge on any atom is 0.261 e. The first kappa shape index (κ1) is 16.2. The molecular weight excluding hydrogens is 360 g/mol. The lowest BCUT2D eigenvalue weighted by molar-refractivity contribution is -0.121. The van der Waals surface area contributed by atoms with Crippen LogP contribution in [0.4, 0.5) is 0 Å². The van der Waals surface area contributed by atoms with Crippen LogP contribution in [0.25, 0.3) is 0 Å². The number of hydrogen-bond acceptors (Lipinski definition) is 3. The Morgan fingerprint density at radius 1 is 1.17 bits per heavy atom. The number of amides is 3. The lowest BCUT2D eigenvalue weighted by Gasteiger charge is -2.15. The van der Waals surface area contributed by atoms with Gasteiger partial charge in [0.25, 0.3) is 11.8 Å². The molecule has 23 heavy (non-hydrogen) atoms. The molecule has 0 bridgehead atoms. The van der Waals surface area contributed by atoms with Gasteiger partial charge in [-0.15, -0.1) is 0 Å². The molecule has 0 atom stereocenters. The van der Waals surface area contributed by atoms with Crippen molar-refractivity contribution in [3.8, 4) is 0 Å². The Balaban J connectivity index is 1.52. The standard InChI is InChI=1S/C17H19BrN2O3/c18-11-7-8-13-14(10-11)17(23)20(16(13)22)9-3-6-15(21)19-12-4-1-2-5-12/h7-8,10,12H,1-6,9H2,(H,19,21). The molecule has 0 radical (unpaired) electrons. The normalized spacial score (nSPS) is 17.7. The average molecular weight is 379 g/mol. The number of carbonyl (C=O) groups excluding carboxylic acids is 3. The minimum atomic E-state index is -0.275. The molecule has 1 aliphatic carbocycles. The van der Waals surface area contributed by atoms with Gasteiger partial charge in [0.05, 0.1) is 11.1 Å². The van der Waals surface area contributed by atoms with Gasteiger partial charge in [0.2, 0.25) is 5.91 Å². The SMILES string of the molecule is O=C(CCCN1C(=O)c2ccc(Br)cc2C1=O)NC1CCCC1. The van der Waals surface area contributed by atoms with E-state index in [0.717, 1.165) is 17.3 Å². The van der Waals surface area contributed by atoms with Gasteiger partial charge in [0.1, 0.15) is 0 Å². The third kappa shape index (κ3) is 3.47. The molecule has 122 valence electrons. The molecule has 2 aliphatic rings. The fourth-order valence-corrected chi connectivity index (χ4v) is 3.59. The van der Waals surface area contributed by atoms with Crippen molar-refractivity contribution in [1.29, 1.82) is 0 Å². The third-order valence-corrected chi connectivity index (χ3v) is 4.93. The fourth-order valence-electron chi connectivity index (χ4n) is 3.23. The van der Waals surface area contributed by atoms with E-state index >= 15 is 0 Å². The lowest BCUT2D eigenvalue weighted by atomic mass is 10.1. The topological polar surface area (TPSA) is 66.5 Å². The summed E-state index contributed by atoms with van der Waals surface area (Å²) in [6.45, 7) is 0.280. The Kier molecular flexibility index (Phi) is 4.80. The van der Waals surface area contributed by atoms with E-state index in [9.17, 15) is 14.4 Å². The number of halogens is 1. The maximum atomic E-state index is 12.3. The van der Waals surface area contributed by atoms with Crippen LogP contribution in [-0.4, -0.2) is 35.2 Å². The van der Waals surface area contributed by atoms with E-state index in [0.29, 0.717) is 30.0 Å². The molecule has 1 aromatic rings. The highest BCUT2D eigenvalue weighted by molar-refractivity contribution is 9.10. The highest BCUT2D eigenvalue weighted by Gasteiger charge is 2.35. The molecule has 6 heteroatoms. The van der Waals surface area contributed by atoms with Crippen molar-refractivity contribution in [3.05, 3.63) is 33.8 Å². The van der Waals surface area contributed by atoms with Gasteiger partial charge in [-0.3, -0.25) is 19.3 Å². The monoisotopic (exact) mass is 378 g/mol. The van der Waals surface area contributed by atoms with E-state index in [1.165, 1.54) is 17.7 Å². The van der Waals surface area contributed by atoms with Crippen LogP contribution in [0.1, 0.15) is 59.2 Å². The molecular formula is C17H19BrN2O3. The van der Waals surface area contributed by atoms with Crippen LogP contribution in [0.3, 0.4) is 0 Å². The number of rotatable bonds is 5. The van der Waals surface area contributed by atoms with Gasteiger partial charge in [0, 0.05) is 23.5 Å². The van der Waals surface area contributed by atoms with Crippen molar-refractivity contribution in [1.82, 2.24) is 10.2 Å². The van der Waals surface area contributed by atoms with Gasteiger partial charge in [0.15, 0.2) is 0 Å². The number of hydrogen-bond donors (Lipinski definition) is 1. The zero-order valence-electron chi connectivity index (χ0n) is 12.8. The van der Waals surface area contributed by atoms with Crippen molar-refractivity contribution < 1.29 is 14.4 Å². The summed E-state index contributed by atoms with van der Waals surface area (Å²) in [4.78, 5) is 37.7. The molecule has 0 aromatic heterocycles. The molecule has 1 saturated carbocycles. The van der Waals surface area contributed by atoms with E-state index in [1.807, 2.05) is 0 Å². The number of nitrogens with one attached hydrogen (secondary N) is 1. The van der Waals surface area contributed by atoms with Gasteiger partial charge in [-0.1, -0.05) is 28.8 Å². The fraction of sp³-hybridized carbons (Fsp3) is 0.471. The maximum absolute atomic E-state index is 12.3. The van der Waals surface area contributed by atoms with Crippen LogP contribution in [-0.2, 0) is 4.79 Å². The summed E-state index contributed by atoms with van der Waals surface area (Å²) >= 11 is 3.31. The summed E-state index contributed by atoms with van der Waals surface area (Å²) in [6.07, 6.45) is 5.29. The van der Waals surface area contributed by atoms with E-state index in [1.54, 1.807) is 18.2 Å². The van der Waals surface area contributed by atoms with Gasteiger partial charge in [-0.25, -0.2) is 0 Å². The van der Waals surface area contributed by atoms with Gasteiger partial charge < -0.3 is 5.32 Å². The minimum Gasteiger partial charge on any atom is -0.353 e. The molecule has 3 rings (SSSR count). The Morgan fingerprint density at radius 2 is 1.87 bits per heavy atom. The van der Waals surface area contributed by atoms with Crippen molar-refractivity contribution in [2.75, 3.05) is 6.54 Å². The Morgan fingerprint density at radius 3 is 2.61 bits per heavy atom. The summed E-state index contributed by atoms with van der Waals surface area (Å²) in [5.41, 5.74) is 0.869. The van der Waals surface area contributed by atoms with E-state index < -0.39 is 0 Å². The minimum absolute atomic E-state index is 0.0104. The largest absolute Gasteiger partial charge is 0.353 e. The Labute approximate surface area is 143 Å². The molecule has 1 heterocycles. The second kappa shape index (κ2) is 6.83. The molecule has 1 aliphatic heterocycles. The summed E-state index contributed by atoms with van der Waals surface area (Å²) in [5, 5.41) is 3.02. The number of nitrogens with zero attached hydrogens (tertiary/aromatic N) is 1. The molecule has 3 amide bonds. The first-order chi connectivity index (χ1) is 11.1. The van der Waals surface area contributed by atoms with E-state index in [4.69, 9.17) is 0 Å². The first-order valence-electron chi connectivity index (χ1n) is 8.01. The summed E-state index contributed by atoms with van der Waals surface area (Å²) in [7, 11) is 0. The smallest absolute Gasteiger partial charge is 0.261 e. The van der Waals surface area contributed by atoms with Crippen molar-refractivity contribution >= 4 is 33.7 Å². The van der Waals surface area contributed by atoms with Crippen LogP contribution in [0.5, 0.6) is 0 Å². The molecule has 0 spiro atoms. The average Bonchev–Trinajstić information content (AvgIpc) is 3.10. The predicted octanol–water partition coefficient (Wildman–Crippen LogP) is 2.88. The van der Waals surface area contributed by atoms with Crippen molar-refractivity contribution in [3.63, 3.8) is 0 Å². The molecule has 1 fully saturated rings. The van der Waals surface area contributed by atoms with Crippen LogP contribution in [0, 0.1) is 0 Å². The molecule has 1 N–H and O–H groups in total. The number of imide groups is 1. The third-order valence-electron chi connectivity index (χ3n) is 4.44. The van der Waals surface area contributed by atoms with Gasteiger partial charge in [-0.05, 0) is 37.5 Å². The van der Waals surface area contributed by atoms with E-state index in [-0.39, 0.29) is 24.3 Å². The molecule has 0 saturated heterocycles. The van der Waals surface area contributed by atoms with E-state index in [2.05, 4.69) is 21.2 Å². The quantitative estimate of drug-likeness (QED) is 0.801. The molecule has 0 unspecified atom stereocenters. The van der Waals surface area contributed by atoms with Crippen LogP contribution < -0.4 is 5.32 Å². The highest BCUT2D eigenvalue weighted by Crippen LogP contribution is 2.26. The second-order valence-corrected chi connectivity index (χ2v) is 7.02. The predicted molar refractivity (Wildman–Crippen MR) is 89.1 cm³/mol. The van der Waals surface area contributed by atoms with Gasteiger partial charge in [-0.2, -0.15) is 0 Å². The van der Waals surface area contributed by atoms with Gasteiger partial charge >= 0.3 is 0 Å². The van der Waals surface area contributed by atoms with Crippen LogP contribution >= 0.6 is 15.9 Å². The second-order valence-electron chi connectivity index (χ2n) is 6.10. The zero-order valence-corrected chi connectivity index (χ0v) is 14.4. The Hall–Kier alpha value is -1.69. The Bertz CT molecular complexity index is 653. The lowest BCUT2D eigenvalue weighted by Crippen LogP contribution is -2.34. The van der Waals surface area contributed by atoms with Crippen LogP contribution in [0.2, 0.25) is 0 Å². The van der Waals surface area contributed by atoms with Crippen molar-refractivity contribution in [2.24, 2.45) is 0 Å². The molecule has 1 aromatic carbocycles. The zero-order chi connectivity index (χ0) is 16.4. The first-order valence-corrected chi connectivity index (χ1v) is 8.80. The summed E-state index contributed by atoms with van der Waals surface area (Å²) in [5.74, 6) is -0.535. The number of fused-ring (bicyclic) bond motifs is 1. The summed E-state index contributed by atoms with van der Waals surface area (Å²) in [6, 6.07) is 5.39. The number of carbonyl (C=O) groups is 3. The van der Waals surface area contributed by atoms with Crippen LogP contribution in [0.15, 0.2) is 22.7 Å². The summed E-state index contributed by atoms with van der Waals surface area (Å²) < 4.78 is 0.773. The van der Waals surface area contributed by atoms with Crippen molar-refractivity contribution in [2.45, 2.75) is 44.6 Å². The molecule has 5 nitrogen and oxygen atoms in total. The highest BCUT2D eigenvalue weighted by atomic mass is 79.9. The number of benzene rings is 1.